The summed E-state index contributed by atoms with van der Waals surface area (Å²) in [6, 6.07) is 0. The number of unbranched alkanes of at least 4 members (excludes halogenated alkanes) is 24. The number of nitrogens with one attached hydrogen (secondary N) is 1. The molecule has 7 heteroatoms. The van der Waals surface area contributed by atoms with Crippen LogP contribution in [-0.2, 0) is 13.9 Å². The molecule has 0 fully saturated rings. The number of hydrogen-bond donors (Lipinski definition) is 3. The normalized spacial score (nSPS) is 13.4. The summed E-state index contributed by atoms with van der Waals surface area (Å²) in [5.41, 5.74) is 0. The summed E-state index contributed by atoms with van der Waals surface area (Å²) in [4.78, 5) is 31.0. The molecule has 2 atom stereocenters. The second-order valence-corrected chi connectivity index (χ2v) is 14.1. The molecule has 6 nitrogen and oxygen atoms in total. The summed E-state index contributed by atoms with van der Waals surface area (Å²) < 4.78 is 15.8. The summed E-state index contributed by atoms with van der Waals surface area (Å²) in [7, 11) is -4.54. The maximum absolute atomic E-state index is 12.9. The first-order valence-electron chi connectivity index (χ1n) is 18.3. The molecule has 0 heterocycles. The fourth-order valence-corrected chi connectivity index (χ4v) is 6.43. The van der Waals surface area contributed by atoms with Crippen LogP contribution in [0.3, 0.4) is 0 Å². The van der Waals surface area contributed by atoms with Crippen LogP contribution >= 0.6 is 7.82 Å². The van der Waals surface area contributed by atoms with Crippen LogP contribution in [0.25, 0.3) is 0 Å². The van der Waals surface area contributed by atoms with Crippen molar-refractivity contribution in [2.75, 3.05) is 6.54 Å². The molecule has 0 aromatic rings. The predicted molar refractivity (Wildman–Crippen MR) is 180 cm³/mol. The van der Waals surface area contributed by atoms with Crippen LogP contribution in [-0.4, -0.2) is 28.3 Å². The van der Waals surface area contributed by atoms with Gasteiger partial charge in [-0.1, -0.05) is 181 Å². The van der Waals surface area contributed by atoms with E-state index in [0.717, 1.165) is 25.7 Å². The van der Waals surface area contributed by atoms with Gasteiger partial charge in [-0.25, -0.2) is 4.57 Å². The Morgan fingerprint density at radius 2 is 0.857 bits per heavy atom. The van der Waals surface area contributed by atoms with Gasteiger partial charge in [-0.15, -0.1) is 0 Å². The van der Waals surface area contributed by atoms with E-state index in [0.29, 0.717) is 0 Å². The van der Waals surface area contributed by atoms with E-state index in [1.54, 1.807) is 6.92 Å². The Bertz CT molecular complexity index is 627. The molecule has 0 aromatic heterocycles. The van der Waals surface area contributed by atoms with Crippen molar-refractivity contribution in [3.63, 3.8) is 0 Å². The number of hydrogen-bond acceptors (Lipinski definition) is 3. The van der Waals surface area contributed by atoms with E-state index in [-0.39, 0.29) is 18.4 Å². The van der Waals surface area contributed by atoms with E-state index < -0.39 is 13.9 Å². The Kier molecular flexibility index (Phi) is 30.3. The third-order valence-corrected chi connectivity index (χ3v) is 9.20. The van der Waals surface area contributed by atoms with E-state index in [2.05, 4.69) is 23.7 Å². The first kappa shape index (κ1) is 41.6. The topological polar surface area (TPSA) is 95.9 Å². The lowest BCUT2D eigenvalue weighted by Gasteiger charge is -2.19. The Morgan fingerprint density at radius 1 is 0.571 bits per heavy atom. The van der Waals surface area contributed by atoms with Crippen LogP contribution in [0, 0.1) is 5.92 Å². The average molecular weight is 618 g/mol. The van der Waals surface area contributed by atoms with E-state index in [1.807, 2.05) is 0 Å². The monoisotopic (exact) mass is 618 g/mol. The predicted octanol–water partition coefficient (Wildman–Crippen LogP) is 11.2. The van der Waals surface area contributed by atoms with Crippen LogP contribution in [0.4, 0.5) is 0 Å². The van der Waals surface area contributed by atoms with Crippen LogP contribution in [0.2, 0.25) is 0 Å². The number of phosphoric acid groups is 1. The van der Waals surface area contributed by atoms with Gasteiger partial charge in [0.2, 0.25) is 5.91 Å². The lowest BCUT2D eigenvalue weighted by molar-refractivity contribution is -0.125. The first-order valence-corrected chi connectivity index (χ1v) is 19.8. The van der Waals surface area contributed by atoms with Crippen molar-refractivity contribution in [3.8, 4) is 0 Å². The third kappa shape index (κ3) is 31.0. The summed E-state index contributed by atoms with van der Waals surface area (Å²) in [5.74, 6) is -0.0124. The fraction of sp³-hybridized carbons (Fsp3) is 0.971. The Hall–Kier alpha value is -0.420. The highest BCUT2D eigenvalue weighted by Gasteiger charge is 2.22. The molecular formula is C35H72NO5P. The Labute approximate surface area is 261 Å². The maximum atomic E-state index is 12.9. The summed E-state index contributed by atoms with van der Waals surface area (Å²) in [5, 5.41) is 2.89. The van der Waals surface area contributed by atoms with E-state index in [9.17, 15) is 9.36 Å². The highest BCUT2D eigenvalue weighted by Crippen LogP contribution is 2.37. The van der Waals surface area contributed by atoms with Crippen molar-refractivity contribution < 1.29 is 23.7 Å². The van der Waals surface area contributed by atoms with Gasteiger partial charge in [-0.3, -0.25) is 9.32 Å². The Morgan fingerprint density at radius 3 is 1.14 bits per heavy atom. The lowest BCUT2D eigenvalue weighted by Crippen LogP contribution is -2.36. The van der Waals surface area contributed by atoms with Gasteiger partial charge in [-0.2, -0.15) is 0 Å². The Balaban J connectivity index is 4.12. The van der Waals surface area contributed by atoms with Crippen LogP contribution in [0.15, 0.2) is 0 Å². The van der Waals surface area contributed by atoms with Gasteiger partial charge in [-0.05, 0) is 19.8 Å². The molecule has 0 aliphatic heterocycles. The smallest absolute Gasteiger partial charge is 0.353 e. The number of carbonyl (C=O) groups excluding carboxylic acids is 1. The molecule has 252 valence electrons. The molecule has 0 rings (SSSR count). The second-order valence-electron chi connectivity index (χ2n) is 12.9. The minimum absolute atomic E-state index is 0.00827. The lowest BCUT2D eigenvalue weighted by atomic mass is 9.93. The molecule has 42 heavy (non-hydrogen) atoms. The largest absolute Gasteiger partial charge is 0.469 e. The molecule has 0 aliphatic carbocycles. The van der Waals surface area contributed by atoms with E-state index in [4.69, 9.17) is 9.79 Å². The first-order chi connectivity index (χ1) is 20.3. The molecule has 0 aliphatic rings. The number of amides is 1. The van der Waals surface area contributed by atoms with Gasteiger partial charge in [0.15, 0.2) is 0 Å². The highest BCUT2D eigenvalue weighted by atomic mass is 31.2. The van der Waals surface area contributed by atoms with Gasteiger partial charge in [0.25, 0.3) is 0 Å². The molecule has 1 amide bonds. The summed E-state index contributed by atoms with van der Waals surface area (Å²) >= 11 is 0. The van der Waals surface area contributed by atoms with Crippen molar-refractivity contribution in [2.45, 2.75) is 207 Å². The zero-order valence-corrected chi connectivity index (χ0v) is 29.1. The van der Waals surface area contributed by atoms with Gasteiger partial charge < -0.3 is 15.1 Å². The second kappa shape index (κ2) is 30.6. The van der Waals surface area contributed by atoms with Crippen LogP contribution < -0.4 is 5.32 Å². The molecule has 2 unspecified atom stereocenters. The molecule has 0 radical (unpaired) electrons. The van der Waals surface area contributed by atoms with Crippen molar-refractivity contribution in [1.29, 1.82) is 0 Å². The maximum Gasteiger partial charge on any atom is 0.469 e. The zero-order valence-electron chi connectivity index (χ0n) is 28.2. The molecular weight excluding hydrogens is 545 g/mol. The SMILES string of the molecule is CCCCCCCCCCCCCCCCC(CCCCCCCCCCCCCC)C(=O)NCC(C)OP(=O)(O)O. The van der Waals surface area contributed by atoms with Gasteiger partial charge in [0.05, 0.1) is 6.10 Å². The molecule has 0 spiro atoms. The number of carbonyl (C=O) groups is 1. The van der Waals surface area contributed by atoms with Crippen molar-refractivity contribution in [3.05, 3.63) is 0 Å². The van der Waals surface area contributed by atoms with Gasteiger partial charge in [0, 0.05) is 12.5 Å². The van der Waals surface area contributed by atoms with Crippen molar-refractivity contribution in [1.82, 2.24) is 5.32 Å². The number of phosphoric ester groups is 1. The van der Waals surface area contributed by atoms with Gasteiger partial charge in [0.1, 0.15) is 0 Å². The summed E-state index contributed by atoms with van der Waals surface area (Å²) in [6.45, 7) is 6.24. The van der Waals surface area contributed by atoms with Crippen LogP contribution in [0.1, 0.15) is 201 Å². The third-order valence-electron chi connectivity index (χ3n) is 8.56. The van der Waals surface area contributed by atoms with E-state index >= 15 is 0 Å². The molecule has 3 N–H and O–H groups in total. The fourth-order valence-electron chi connectivity index (χ4n) is 5.88. The number of rotatable bonds is 33. The standard InChI is InChI=1S/C35H72NO5P/c1-4-6-8-10-12-14-16-18-19-21-23-25-27-29-31-34(35(37)36-32-33(3)41-42(38,39)40)30-28-26-24-22-20-17-15-13-11-9-7-5-2/h33-34H,4-32H2,1-3H3,(H,36,37)(H2,38,39,40). The summed E-state index contributed by atoms with van der Waals surface area (Å²) in [6.07, 6.45) is 35.3. The van der Waals surface area contributed by atoms with Gasteiger partial charge >= 0.3 is 7.82 Å². The van der Waals surface area contributed by atoms with E-state index in [1.165, 1.54) is 154 Å². The van der Waals surface area contributed by atoms with Crippen LogP contribution in [0.5, 0.6) is 0 Å². The molecule has 0 aromatic carbocycles. The minimum atomic E-state index is -4.54. The zero-order chi connectivity index (χ0) is 31.2. The average Bonchev–Trinajstić information content (AvgIpc) is 2.94. The molecule has 0 saturated heterocycles. The molecule has 0 saturated carbocycles. The van der Waals surface area contributed by atoms with Crippen molar-refractivity contribution in [2.24, 2.45) is 5.92 Å². The molecule has 0 bridgehead atoms. The minimum Gasteiger partial charge on any atom is -0.353 e. The highest BCUT2D eigenvalue weighted by molar-refractivity contribution is 7.46. The quantitative estimate of drug-likeness (QED) is 0.0503. The van der Waals surface area contributed by atoms with Crippen molar-refractivity contribution >= 4 is 13.7 Å².